The monoisotopic (exact) mass is 353 g/mol. The van der Waals surface area contributed by atoms with Crippen LogP contribution in [0.1, 0.15) is 44.6 Å². The maximum atomic E-state index is 12.1. The lowest BCUT2D eigenvalue weighted by Gasteiger charge is -2.25. The van der Waals surface area contributed by atoms with Gasteiger partial charge in [-0.1, -0.05) is 31.9 Å². The largest absolute Gasteiger partial charge is 0.480 e. The molecular weight excluding hydrogens is 330 g/mol. The molecule has 1 fully saturated rings. The molecule has 1 amide bonds. The molecule has 0 heterocycles. The number of aliphatic carboxylic acids is 1. The van der Waals surface area contributed by atoms with Gasteiger partial charge < -0.3 is 10.4 Å². The molecule has 1 aliphatic carbocycles. The first kappa shape index (κ1) is 18.4. The van der Waals surface area contributed by atoms with Crippen LogP contribution in [-0.4, -0.2) is 36.7 Å². The van der Waals surface area contributed by atoms with Crippen molar-refractivity contribution in [1.29, 1.82) is 0 Å². The van der Waals surface area contributed by atoms with Gasteiger partial charge in [0, 0.05) is 6.42 Å². The van der Waals surface area contributed by atoms with Gasteiger partial charge >= 0.3 is 5.97 Å². The summed E-state index contributed by atoms with van der Waals surface area (Å²) in [5.41, 5.74) is -0.271. The van der Waals surface area contributed by atoms with Crippen molar-refractivity contribution in [3.05, 3.63) is 29.8 Å². The summed E-state index contributed by atoms with van der Waals surface area (Å²) in [6, 6.07) is 6.47. The van der Waals surface area contributed by atoms with Gasteiger partial charge in [-0.05, 0) is 37.0 Å². The van der Waals surface area contributed by atoms with Crippen molar-refractivity contribution in [2.45, 2.75) is 55.9 Å². The number of amides is 1. The van der Waals surface area contributed by atoms with Gasteiger partial charge in [0.1, 0.15) is 5.54 Å². The normalized spacial score (nSPS) is 16.7. The van der Waals surface area contributed by atoms with Crippen LogP contribution in [0.15, 0.2) is 29.2 Å². The number of hydrogen-bond acceptors (Lipinski definition) is 4. The predicted molar refractivity (Wildman–Crippen MR) is 89.5 cm³/mol. The number of carboxylic acids is 1. The van der Waals surface area contributed by atoms with Crippen molar-refractivity contribution >= 4 is 21.7 Å². The molecule has 1 saturated carbocycles. The summed E-state index contributed by atoms with van der Waals surface area (Å²) < 4.78 is 23.5. The lowest BCUT2D eigenvalue weighted by atomic mass is 9.97. The molecule has 132 valence electrons. The van der Waals surface area contributed by atoms with E-state index in [1.165, 1.54) is 0 Å². The summed E-state index contributed by atoms with van der Waals surface area (Å²) in [6.45, 7) is 1.59. The Morgan fingerprint density at radius 2 is 1.75 bits per heavy atom. The molecule has 0 aromatic heterocycles. The zero-order valence-electron chi connectivity index (χ0n) is 13.7. The molecular formula is C17H23NO5S. The SMILES string of the molecule is CCS(=O)(=O)c1ccc(CCC(=O)NC2(C(=O)O)CCCC2)cc1. The van der Waals surface area contributed by atoms with Crippen molar-refractivity contribution in [3.63, 3.8) is 0 Å². The smallest absolute Gasteiger partial charge is 0.329 e. The van der Waals surface area contributed by atoms with Gasteiger partial charge in [-0.25, -0.2) is 13.2 Å². The van der Waals surface area contributed by atoms with Gasteiger partial charge in [0.05, 0.1) is 10.6 Å². The fourth-order valence-corrected chi connectivity index (χ4v) is 3.87. The summed E-state index contributed by atoms with van der Waals surface area (Å²) in [5.74, 6) is -1.21. The fourth-order valence-electron chi connectivity index (χ4n) is 2.99. The molecule has 1 aromatic rings. The summed E-state index contributed by atoms with van der Waals surface area (Å²) in [7, 11) is -3.22. The molecule has 1 aromatic carbocycles. The number of carbonyl (C=O) groups excluding carboxylic acids is 1. The van der Waals surface area contributed by atoms with E-state index >= 15 is 0 Å². The zero-order valence-corrected chi connectivity index (χ0v) is 14.6. The Morgan fingerprint density at radius 3 is 2.25 bits per heavy atom. The van der Waals surface area contributed by atoms with E-state index in [0.717, 1.165) is 18.4 Å². The van der Waals surface area contributed by atoms with Gasteiger partial charge in [0.2, 0.25) is 5.91 Å². The minimum Gasteiger partial charge on any atom is -0.480 e. The Labute approximate surface area is 142 Å². The Bertz CT molecular complexity index is 703. The Morgan fingerprint density at radius 1 is 1.17 bits per heavy atom. The molecule has 7 heteroatoms. The molecule has 0 spiro atoms. The van der Waals surface area contributed by atoms with Crippen LogP contribution < -0.4 is 5.32 Å². The van der Waals surface area contributed by atoms with Gasteiger partial charge in [0.15, 0.2) is 9.84 Å². The number of hydrogen-bond donors (Lipinski definition) is 2. The van der Waals surface area contributed by atoms with E-state index in [1.54, 1.807) is 31.2 Å². The Hall–Kier alpha value is -1.89. The predicted octanol–water partition coefficient (Wildman–Crippen LogP) is 1.93. The summed E-state index contributed by atoms with van der Waals surface area (Å²) >= 11 is 0. The lowest BCUT2D eigenvalue weighted by molar-refractivity contribution is -0.147. The van der Waals surface area contributed by atoms with E-state index in [-0.39, 0.29) is 23.0 Å². The van der Waals surface area contributed by atoms with Crippen LogP contribution in [0.4, 0.5) is 0 Å². The molecule has 1 aliphatic rings. The first-order valence-corrected chi connectivity index (χ1v) is 9.80. The van der Waals surface area contributed by atoms with Crippen molar-refractivity contribution in [2.24, 2.45) is 0 Å². The summed E-state index contributed by atoms with van der Waals surface area (Å²) in [4.78, 5) is 23.8. The van der Waals surface area contributed by atoms with E-state index in [1.807, 2.05) is 0 Å². The van der Waals surface area contributed by atoms with Gasteiger partial charge in [-0.3, -0.25) is 4.79 Å². The minimum atomic E-state index is -3.22. The highest BCUT2D eigenvalue weighted by atomic mass is 32.2. The third kappa shape index (κ3) is 4.14. The van der Waals surface area contributed by atoms with Crippen LogP contribution in [-0.2, 0) is 25.8 Å². The Kier molecular flexibility index (Phi) is 5.64. The van der Waals surface area contributed by atoms with Crippen LogP contribution in [0.3, 0.4) is 0 Å². The number of aryl methyl sites for hydroxylation is 1. The number of carboxylic acid groups (broad SMARTS) is 1. The van der Waals surface area contributed by atoms with Crippen molar-refractivity contribution in [1.82, 2.24) is 5.32 Å². The molecule has 0 atom stereocenters. The van der Waals surface area contributed by atoms with E-state index < -0.39 is 21.3 Å². The number of sulfone groups is 1. The highest BCUT2D eigenvalue weighted by Gasteiger charge is 2.42. The molecule has 0 unspecified atom stereocenters. The molecule has 0 radical (unpaired) electrons. The summed E-state index contributed by atoms with van der Waals surface area (Å²) in [6.07, 6.45) is 3.16. The molecule has 2 N–H and O–H groups in total. The molecule has 0 bridgehead atoms. The number of carbonyl (C=O) groups is 2. The average Bonchev–Trinajstić information content (AvgIpc) is 3.03. The fraction of sp³-hybridized carbons (Fsp3) is 0.529. The van der Waals surface area contributed by atoms with Gasteiger partial charge in [-0.15, -0.1) is 0 Å². The van der Waals surface area contributed by atoms with Crippen LogP contribution in [0, 0.1) is 0 Å². The second-order valence-electron chi connectivity index (χ2n) is 6.19. The van der Waals surface area contributed by atoms with Crippen LogP contribution in [0.5, 0.6) is 0 Å². The molecule has 6 nitrogen and oxygen atoms in total. The van der Waals surface area contributed by atoms with E-state index in [0.29, 0.717) is 19.3 Å². The Balaban J connectivity index is 1.93. The van der Waals surface area contributed by atoms with Gasteiger partial charge in [-0.2, -0.15) is 0 Å². The third-order valence-electron chi connectivity index (χ3n) is 4.55. The first-order chi connectivity index (χ1) is 11.3. The van der Waals surface area contributed by atoms with Crippen molar-refractivity contribution in [3.8, 4) is 0 Å². The lowest BCUT2D eigenvalue weighted by Crippen LogP contribution is -2.52. The number of rotatable bonds is 7. The van der Waals surface area contributed by atoms with Gasteiger partial charge in [0.25, 0.3) is 0 Å². The van der Waals surface area contributed by atoms with Crippen LogP contribution in [0.25, 0.3) is 0 Å². The quantitative estimate of drug-likeness (QED) is 0.780. The highest BCUT2D eigenvalue weighted by molar-refractivity contribution is 7.91. The number of benzene rings is 1. The maximum absolute atomic E-state index is 12.1. The second-order valence-corrected chi connectivity index (χ2v) is 8.47. The molecule has 24 heavy (non-hydrogen) atoms. The summed E-state index contributed by atoms with van der Waals surface area (Å²) in [5, 5.41) is 12.0. The topological polar surface area (TPSA) is 101 Å². The van der Waals surface area contributed by atoms with E-state index in [4.69, 9.17) is 0 Å². The zero-order chi connectivity index (χ0) is 17.8. The molecule has 0 aliphatic heterocycles. The highest BCUT2D eigenvalue weighted by Crippen LogP contribution is 2.30. The van der Waals surface area contributed by atoms with Crippen molar-refractivity contribution in [2.75, 3.05) is 5.75 Å². The standard InChI is InChI=1S/C17H23NO5S/c1-2-24(22,23)14-8-5-13(6-9-14)7-10-15(19)18-17(16(20)21)11-3-4-12-17/h5-6,8-9H,2-4,7,10-12H2,1H3,(H,18,19)(H,20,21). The van der Waals surface area contributed by atoms with E-state index in [9.17, 15) is 23.1 Å². The van der Waals surface area contributed by atoms with Crippen LogP contribution >= 0.6 is 0 Å². The first-order valence-electron chi connectivity index (χ1n) is 8.15. The molecule has 0 saturated heterocycles. The number of nitrogens with one attached hydrogen (secondary N) is 1. The van der Waals surface area contributed by atoms with Crippen molar-refractivity contribution < 1.29 is 23.1 Å². The second kappa shape index (κ2) is 7.34. The molecule has 2 rings (SSSR count). The third-order valence-corrected chi connectivity index (χ3v) is 6.30. The van der Waals surface area contributed by atoms with E-state index in [2.05, 4.69) is 5.32 Å². The minimum absolute atomic E-state index is 0.0476. The maximum Gasteiger partial charge on any atom is 0.329 e. The average molecular weight is 353 g/mol. The van der Waals surface area contributed by atoms with Crippen LogP contribution in [0.2, 0.25) is 0 Å².